The van der Waals surface area contributed by atoms with Crippen molar-refractivity contribution in [3.63, 3.8) is 0 Å². The molecule has 0 spiro atoms. The van der Waals surface area contributed by atoms with Crippen molar-refractivity contribution in [2.24, 2.45) is 0 Å². The van der Waals surface area contributed by atoms with E-state index in [2.05, 4.69) is 19.9 Å². The predicted octanol–water partition coefficient (Wildman–Crippen LogP) is 2.72. The molecule has 13 heavy (non-hydrogen) atoms. The van der Waals surface area contributed by atoms with Gasteiger partial charge in [-0.05, 0) is 35.4 Å². The Kier molecular flexibility index (Phi) is 1.76. The molecule has 0 saturated heterocycles. The molecule has 0 unspecified atom stereocenters. The van der Waals surface area contributed by atoms with Gasteiger partial charge in [0, 0.05) is 5.56 Å². The van der Waals surface area contributed by atoms with Crippen LogP contribution >= 0.6 is 0 Å². The molecule has 0 aromatic heterocycles. The summed E-state index contributed by atoms with van der Waals surface area (Å²) in [6.07, 6.45) is 3.24. The molecule has 1 aliphatic carbocycles. The van der Waals surface area contributed by atoms with Gasteiger partial charge in [-0.3, -0.25) is 4.79 Å². The first kappa shape index (κ1) is 8.49. The second-order valence-corrected chi connectivity index (χ2v) is 4.42. The fraction of sp³-hybridized carbons (Fsp3) is 0.417. The molecule has 1 aromatic carbocycles. The third-order valence-electron chi connectivity index (χ3n) is 3.01. The van der Waals surface area contributed by atoms with E-state index in [1.165, 1.54) is 17.5 Å². The van der Waals surface area contributed by atoms with Gasteiger partial charge < -0.3 is 0 Å². The van der Waals surface area contributed by atoms with Crippen molar-refractivity contribution in [2.45, 2.75) is 32.1 Å². The molecule has 0 amide bonds. The molecule has 0 fully saturated rings. The minimum atomic E-state index is 0.302. The molecule has 68 valence electrons. The van der Waals surface area contributed by atoms with Gasteiger partial charge in [-0.2, -0.15) is 0 Å². The summed E-state index contributed by atoms with van der Waals surface area (Å²) in [5.41, 5.74) is 3.88. The van der Waals surface area contributed by atoms with Crippen molar-refractivity contribution in [3.05, 3.63) is 34.9 Å². The Morgan fingerprint density at radius 3 is 2.85 bits per heavy atom. The highest BCUT2D eigenvalue weighted by molar-refractivity contribution is 5.75. The van der Waals surface area contributed by atoms with Crippen LogP contribution in [0.3, 0.4) is 0 Å². The highest BCUT2D eigenvalue weighted by Gasteiger charge is 2.29. The molecule has 1 aliphatic rings. The number of aldehydes is 1. The van der Waals surface area contributed by atoms with Crippen LogP contribution in [-0.2, 0) is 11.8 Å². The summed E-state index contributed by atoms with van der Waals surface area (Å²) in [6, 6.07) is 6.04. The second kappa shape index (κ2) is 2.69. The Morgan fingerprint density at radius 1 is 1.38 bits per heavy atom. The smallest absolute Gasteiger partial charge is 0.150 e. The maximum atomic E-state index is 10.6. The van der Waals surface area contributed by atoms with Gasteiger partial charge in [0.25, 0.3) is 0 Å². The van der Waals surface area contributed by atoms with E-state index in [0.29, 0.717) is 5.41 Å². The first-order valence-corrected chi connectivity index (χ1v) is 4.72. The van der Waals surface area contributed by atoms with Gasteiger partial charge in [-0.15, -0.1) is 0 Å². The van der Waals surface area contributed by atoms with Crippen LogP contribution in [0.5, 0.6) is 0 Å². The van der Waals surface area contributed by atoms with E-state index in [9.17, 15) is 4.79 Å². The number of carbonyl (C=O) groups is 1. The quantitative estimate of drug-likeness (QED) is 0.598. The largest absolute Gasteiger partial charge is 0.298 e. The number of fused-ring (bicyclic) bond motifs is 1. The number of hydrogen-bond donors (Lipinski definition) is 0. The molecular formula is C12H14O. The summed E-state index contributed by atoms with van der Waals surface area (Å²) >= 11 is 0. The van der Waals surface area contributed by atoms with Crippen LogP contribution in [0.25, 0.3) is 0 Å². The zero-order valence-corrected chi connectivity index (χ0v) is 8.13. The highest BCUT2D eigenvalue weighted by Crippen LogP contribution is 2.38. The van der Waals surface area contributed by atoms with Crippen LogP contribution in [0.2, 0.25) is 0 Å². The van der Waals surface area contributed by atoms with Crippen LogP contribution in [0.15, 0.2) is 18.2 Å². The van der Waals surface area contributed by atoms with Crippen molar-refractivity contribution in [2.75, 3.05) is 0 Å². The molecule has 0 aliphatic heterocycles. The van der Waals surface area contributed by atoms with E-state index < -0.39 is 0 Å². The highest BCUT2D eigenvalue weighted by atomic mass is 16.1. The van der Waals surface area contributed by atoms with E-state index >= 15 is 0 Å². The maximum absolute atomic E-state index is 10.6. The summed E-state index contributed by atoms with van der Waals surface area (Å²) in [5, 5.41) is 0. The number of benzene rings is 1. The van der Waals surface area contributed by atoms with E-state index in [4.69, 9.17) is 0 Å². The molecular weight excluding hydrogens is 160 g/mol. The van der Waals surface area contributed by atoms with Crippen LogP contribution in [-0.4, -0.2) is 6.29 Å². The zero-order valence-electron chi connectivity index (χ0n) is 8.13. The standard InChI is InChI=1S/C12H14O/c1-12(2)6-5-10-7-9(8-13)3-4-11(10)12/h3-4,7-8H,5-6H2,1-2H3. The molecule has 1 heteroatoms. The molecule has 0 saturated carbocycles. The van der Waals surface area contributed by atoms with Gasteiger partial charge >= 0.3 is 0 Å². The topological polar surface area (TPSA) is 17.1 Å². The normalized spacial score (nSPS) is 18.3. The molecule has 0 bridgehead atoms. The lowest BCUT2D eigenvalue weighted by atomic mass is 9.86. The van der Waals surface area contributed by atoms with Crippen LogP contribution in [0, 0.1) is 0 Å². The van der Waals surface area contributed by atoms with Gasteiger partial charge in [0.2, 0.25) is 0 Å². The Hall–Kier alpha value is -1.11. The van der Waals surface area contributed by atoms with E-state index in [1.807, 2.05) is 12.1 Å². The van der Waals surface area contributed by atoms with E-state index in [1.54, 1.807) is 0 Å². The zero-order chi connectivity index (χ0) is 9.47. The number of hydrogen-bond acceptors (Lipinski definition) is 1. The summed E-state index contributed by atoms with van der Waals surface area (Å²) in [7, 11) is 0. The lowest BCUT2D eigenvalue weighted by Gasteiger charge is -2.18. The van der Waals surface area contributed by atoms with Crippen LogP contribution in [0.1, 0.15) is 41.8 Å². The number of aryl methyl sites for hydroxylation is 1. The Bertz CT molecular complexity index is 350. The second-order valence-electron chi connectivity index (χ2n) is 4.42. The minimum Gasteiger partial charge on any atom is -0.298 e. The van der Waals surface area contributed by atoms with Crippen molar-refractivity contribution >= 4 is 6.29 Å². The summed E-state index contributed by atoms with van der Waals surface area (Å²) in [6.45, 7) is 4.53. The molecule has 0 N–H and O–H groups in total. The van der Waals surface area contributed by atoms with Crippen molar-refractivity contribution in [1.29, 1.82) is 0 Å². The van der Waals surface area contributed by atoms with Crippen LogP contribution in [0.4, 0.5) is 0 Å². The summed E-state index contributed by atoms with van der Waals surface area (Å²) in [4.78, 5) is 10.6. The van der Waals surface area contributed by atoms with Gasteiger partial charge in [0.05, 0.1) is 0 Å². The van der Waals surface area contributed by atoms with Crippen molar-refractivity contribution in [3.8, 4) is 0 Å². The van der Waals surface area contributed by atoms with E-state index in [-0.39, 0.29) is 0 Å². The van der Waals surface area contributed by atoms with Gasteiger partial charge in [-0.1, -0.05) is 26.0 Å². The SMILES string of the molecule is CC1(C)CCc2cc(C=O)ccc21. The number of carbonyl (C=O) groups excluding carboxylic acids is 1. The lowest BCUT2D eigenvalue weighted by Crippen LogP contribution is -2.11. The first-order chi connectivity index (χ1) is 6.13. The van der Waals surface area contributed by atoms with Gasteiger partial charge in [-0.25, -0.2) is 0 Å². The van der Waals surface area contributed by atoms with Crippen LogP contribution < -0.4 is 0 Å². The average Bonchev–Trinajstić information content (AvgIpc) is 2.42. The Morgan fingerprint density at radius 2 is 2.15 bits per heavy atom. The minimum absolute atomic E-state index is 0.302. The molecule has 1 aromatic rings. The van der Waals surface area contributed by atoms with E-state index in [0.717, 1.165) is 18.3 Å². The third-order valence-corrected chi connectivity index (χ3v) is 3.01. The number of rotatable bonds is 1. The van der Waals surface area contributed by atoms with Gasteiger partial charge in [0.15, 0.2) is 0 Å². The molecule has 1 nitrogen and oxygen atoms in total. The molecule has 0 heterocycles. The fourth-order valence-electron chi connectivity index (χ4n) is 2.14. The van der Waals surface area contributed by atoms with Crippen molar-refractivity contribution in [1.82, 2.24) is 0 Å². The third kappa shape index (κ3) is 1.28. The van der Waals surface area contributed by atoms with Crippen molar-refractivity contribution < 1.29 is 4.79 Å². The fourth-order valence-corrected chi connectivity index (χ4v) is 2.14. The summed E-state index contributed by atoms with van der Waals surface area (Å²) in [5.74, 6) is 0. The lowest BCUT2D eigenvalue weighted by molar-refractivity contribution is 0.112. The molecule has 2 rings (SSSR count). The monoisotopic (exact) mass is 174 g/mol. The van der Waals surface area contributed by atoms with Gasteiger partial charge in [0.1, 0.15) is 6.29 Å². The Balaban J connectivity index is 2.52. The Labute approximate surface area is 78.8 Å². The average molecular weight is 174 g/mol. The first-order valence-electron chi connectivity index (χ1n) is 4.72. The molecule has 0 atom stereocenters. The predicted molar refractivity (Wildman–Crippen MR) is 53.2 cm³/mol. The maximum Gasteiger partial charge on any atom is 0.150 e. The summed E-state index contributed by atoms with van der Waals surface area (Å²) < 4.78 is 0. The molecule has 0 radical (unpaired) electrons.